The average molecular weight is 386 g/mol. The second-order valence-corrected chi connectivity index (χ2v) is 7.95. The number of hydroxylamine groups is 2. The van der Waals surface area contributed by atoms with Crippen LogP contribution >= 0.6 is 0 Å². The lowest BCUT2D eigenvalue weighted by atomic mass is 10.2. The normalized spacial score (nSPS) is 21.7. The second kappa shape index (κ2) is 8.11. The van der Waals surface area contributed by atoms with E-state index in [-0.39, 0.29) is 12.0 Å². The van der Waals surface area contributed by atoms with Crippen LogP contribution in [0, 0.1) is 0 Å². The van der Waals surface area contributed by atoms with Crippen molar-refractivity contribution >= 4 is 16.8 Å². The van der Waals surface area contributed by atoms with Crippen molar-refractivity contribution in [2.45, 2.75) is 32.4 Å². The van der Waals surface area contributed by atoms with Crippen LogP contribution in [0.4, 0.5) is 0 Å². The molecule has 4 rings (SSSR count). The summed E-state index contributed by atoms with van der Waals surface area (Å²) in [6.45, 7) is 9.31. The Morgan fingerprint density at radius 2 is 1.93 bits per heavy atom. The summed E-state index contributed by atoms with van der Waals surface area (Å²) < 4.78 is 6.20. The molecule has 152 valence electrons. The number of piperazine rings is 1. The van der Waals surface area contributed by atoms with E-state index < -0.39 is 0 Å². The van der Waals surface area contributed by atoms with Crippen molar-refractivity contribution in [3.05, 3.63) is 30.0 Å². The third-order valence-corrected chi connectivity index (χ3v) is 5.82. The van der Waals surface area contributed by atoms with Crippen molar-refractivity contribution in [1.82, 2.24) is 19.8 Å². The van der Waals surface area contributed by atoms with Crippen LogP contribution in [0.15, 0.2) is 24.3 Å². The van der Waals surface area contributed by atoms with E-state index in [1.165, 1.54) is 0 Å². The highest BCUT2D eigenvalue weighted by Crippen LogP contribution is 2.25. The molecule has 3 heterocycles. The largest absolute Gasteiger partial charge is 0.489 e. The fourth-order valence-electron chi connectivity index (χ4n) is 4.05. The number of ether oxygens (including phenoxy) is 1. The number of hydrogen-bond donors (Lipinski definition) is 1. The zero-order valence-corrected chi connectivity index (χ0v) is 17.0. The number of nitrogens with one attached hydrogen (secondary N) is 1. The van der Waals surface area contributed by atoms with Crippen LogP contribution in [-0.4, -0.2) is 84.3 Å². The SMILES string of the molecule is CON1CCN(C(=O)c2cc3cc(OC4CCN(C(C)C)C4)ccc3[nH]2)CC1. The van der Waals surface area contributed by atoms with Crippen LogP contribution in [0.5, 0.6) is 5.75 Å². The monoisotopic (exact) mass is 386 g/mol. The van der Waals surface area contributed by atoms with Crippen LogP contribution in [0.3, 0.4) is 0 Å². The van der Waals surface area contributed by atoms with Gasteiger partial charge >= 0.3 is 0 Å². The van der Waals surface area contributed by atoms with E-state index in [2.05, 4.69) is 23.7 Å². The minimum atomic E-state index is 0.0396. The van der Waals surface area contributed by atoms with Gasteiger partial charge in [0.2, 0.25) is 0 Å². The van der Waals surface area contributed by atoms with Gasteiger partial charge in [-0.3, -0.25) is 9.69 Å². The molecule has 1 aromatic heterocycles. The predicted octanol–water partition coefficient (Wildman–Crippen LogP) is 2.35. The quantitative estimate of drug-likeness (QED) is 0.855. The lowest BCUT2D eigenvalue weighted by Crippen LogP contribution is -2.48. The number of likely N-dealkylation sites (tertiary alicyclic amines) is 1. The molecule has 28 heavy (non-hydrogen) atoms. The lowest BCUT2D eigenvalue weighted by molar-refractivity contribution is -0.147. The first-order valence-electron chi connectivity index (χ1n) is 10.2. The van der Waals surface area contributed by atoms with Crippen LogP contribution in [0.2, 0.25) is 0 Å². The molecular weight excluding hydrogens is 356 g/mol. The number of nitrogens with zero attached hydrogens (tertiary/aromatic N) is 3. The number of carbonyl (C=O) groups excluding carboxylic acids is 1. The van der Waals surface area contributed by atoms with E-state index in [0.717, 1.165) is 49.3 Å². The van der Waals surface area contributed by atoms with Crippen LogP contribution in [0.25, 0.3) is 10.9 Å². The standard InChI is InChI=1S/C21H30N4O3/c1-15(2)24-7-6-18(14-24)28-17-4-5-19-16(12-17)13-20(22-19)21(26)23-8-10-25(27-3)11-9-23/h4-5,12-13,15,18,22H,6-11,14H2,1-3H3. The Labute approximate surface area is 166 Å². The van der Waals surface area contributed by atoms with Crippen molar-refractivity contribution in [3.63, 3.8) is 0 Å². The Balaban J connectivity index is 1.43. The number of aromatic amines is 1. The van der Waals surface area contributed by atoms with Crippen molar-refractivity contribution < 1.29 is 14.4 Å². The maximum absolute atomic E-state index is 12.8. The Morgan fingerprint density at radius 1 is 1.14 bits per heavy atom. The Kier molecular flexibility index (Phi) is 5.57. The van der Waals surface area contributed by atoms with Gasteiger partial charge in [-0.15, -0.1) is 0 Å². The highest BCUT2D eigenvalue weighted by Gasteiger charge is 2.26. The Hall–Kier alpha value is -2.09. The first-order chi connectivity index (χ1) is 13.5. The molecule has 2 aliphatic heterocycles. The minimum absolute atomic E-state index is 0.0396. The van der Waals surface area contributed by atoms with E-state index in [1.54, 1.807) is 7.11 Å². The summed E-state index contributed by atoms with van der Waals surface area (Å²) in [5.41, 5.74) is 1.59. The molecule has 1 aromatic carbocycles. The summed E-state index contributed by atoms with van der Waals surface area (Å²) in [7, 11) is 1.67. The number of rotatable bonds is 5. The molecule has 1 amide bonds. The Bertz CT molecular complexity index is 826. The zero-order valence-electron chi connectivity index (χ0n) is 17.0. The van der Waals surface area contributed by atoms with Gasteiger partial charge < -0.3 is 19.5 Å². The fraction of sp³-hybridized carbons (Fsp3) is 0.571. The van der Waals surface area contributed by atoms with Crippen molar-refractivity contribution in [3.8, 4) is 5.75 Å². The predicted molar refractivity (Wildman–Crippen MR) is 109 cm³/mol. The summed E-state index contributed by atoms with van der Waals surface area (Å²) in [6, 6.07) is 8.51. The molecule has 0 spiro atoms. The number of fused-ring (bicyclic) bond motifs is 1. The average Bonchev–Trinajstić information content (AvgIpc) is 3.34. The topological polar surface area (TPSA) is 61.0 Å². The van der Waals surface area contributed by atoms with Gasteiger partial charge in [0, 0.05) is 56.2 Å². The van der Waals surface area contributed by atoms with Gasteiger partial charge in [0.15, 0.2) is 0 Å². The Morgan fingerprint density at radius 3 is 2.61 bits per heavy atom. The minimum Gasteiger partial charge on any atom is -0.489 e. The van der Waals surface area contributed by atoms with E-state index in [4.69, 9.17) is 9.57 Å². The molecular formula is C21H30N4O3. The zero-order chi connectivity index (χ0) is 19.7. The molecule has 7 heteroatoms. The molecule has 2 aromatic rings. The molecule has 7 nitrogen and oxygen atoms in total. The number of amides is 1. The first kappa shape index (κ1) is 19.2. The molecule has 0 bridgehead atoms. The van der Waals surface area contributed by atoms with Gasteiger partial charge in [-0.1, -0.05) is 0 Å². The number of hydrogen-bond acceptors (Lipinski definition) is 5. The van der Waals surface area contributed by atoms with E-state index in [0.29, 0.717) is 24.8 Å². The van der Waals surface area contributed by atoms with Crippen molar-refractivity contribution in [2.24, 2.45) is 0 Å². The molecule has 2 saturated heterocycles. The second-order valence-electron chi connectivity index (χ2n) is 7.95. The van der Waals surface area contributed by atoms with Gasteiger partial charge in [0.25, 0.3) is 5.91 Å². The summed E-state index contributed by atoms with van der Waals surface area (Å²) >= 11 is 0. The summed E-state index contributed by atoms with van der Waals surface area (Å²) in [5.74, 6) is 0.910. The third kappa shape index (κ3) is 4.01. The van der Waals surface area contributed by atoms with Gasteiger partial charge in [0.1, 0.15) is 17.5 Å². The van der Waals surface area contributed by atoms with Gasteiger partial charge in [0.05, 0.1) is 7.11 Å². The molecule has 2 aliphatic rings. The summed E-state index contributed by atoms with van der Waals surface area (Å²) in [5, 5.41) is 2.89. The maximum atomic E-state index is 12.8. The number of aromatic nitrogens is 1. The third-order valence-electron chi connectivity index (χ3n) is 5.82. The fourth-order valence-corrected chi connectivity index (χ4v) is 4.05. The highest BCUT2D eigenvalue weighted by atomic mass is 16.7. The van der Waals surface area contributed by atoms with Gasteiger partial charge in [-0.2, -0.15) is 5.06 Å². The first-order valence-corrected chi connectivity index (χ1v) is 10.2. The molecule has 2 fully saturated rings. The molecule has 1 atom stereocenters. The number of H-pyrrole nitrogens is 1. The van der Waals surface area contributed by atoms with E-state index >= 15 is 0 Å². The summed E-state index contributed by atoms with van der Waals surface area (Å²) in [6.07, 6.45) is 1.29. The van der Waals surface area contributed by atoms with Crippen molar-refractivity contribution in [1.29, 1.82) is 0 Å². The molecule has 1 N–H and O–H groups in total. The smallest absolute Gasteiger partial charge is 0.270 e. The van der Waals surface area contributed by atoms with Crippen molar-refractivity contribution in [2.75, 3.05) is 46.4 Å². The van der Waals surface area contributed by atoms with Crippen LogP contribution in [-0.2, 0) is 4.84 Å². The number of carbonyl (C=O) groups is 1. The molecule has 0 aliphatic carbocycles. The van der Waals surface area contributed by atoms with E-state index in [9.17, 15) is 4.79 Å². The maximum Gasteiger partial charge on any atom is 0.270 e. The lowest BCUT2D eigenvalue weighted by Gasteiger charge is -2.32. The van der Waals surface area contributed by atoms with Crippen LogP contribution in [0.1, 0.15) is 30.8 Å². The van der Waals surface area contributed by atoms with Gasteiger partial charge in [-0.05, 0) is 44.5 Å². The highest BCUT2D eigenvalue weighted by molar-refractivity contribution is 5.98. The van der Waals surface area contributed by atoms with E-state index in [1.807, 2.05) is 34.2 Å². The summed E-state index contributed by atoms with van der Waals surface area (Å²) in [4.78, 5) is 25.6. The molecule has 0 saturated carbocycles. The van der Waals surface area contributed by atoms with Gasteiger partial charge in [-0.25, -0.2) is 0 Å². The number of benzene rings is 1. The van der Waals surface area contributed by atoms with Crippen LogP contribution < -0.4 is 4.74 Å². The molecule has 1 unspecified atom stereocenters. The molecule has 0 radical (unpaired) electrons.